The van der Waals surface area contributed by atoms with Gasteiger partial charge in [0.05, 0.1) is 12.8 Å². The van der Waals surface area contributed by atoms with Crippen molar-refractivity contribution < 1.29 is 4.74 Å². The monoisotopic (exact) mass is 311 g/mol. The lowest BCUT2D eigenvalue weighted by Gasteiger charge is -2.05. The molecule has 7 heteroatoms. The maximum absolute atomic E-state index is 5.24. The minimum atomic E-state index is 0.543. The molecule has 6 nitrogen and oxygen atoms in total. The summed E-state index contributed by atoms with van der Waals surface area (Å²) in [5.41, 5.74) is 5.23. The first-order valence-corrected chi connectivity index (χ1v) is 7.73. The van der Waals surface area contributed by atoms with E-state index < -0.39 is 0 Å². The zero-order valence-corrected chi connectivity index (χ0v) is 13.2. The summed E-state index contributed by atoms with van der Waals surface area (Å²) in [5, 5.41) is 12.7. The molecule has 0 saturated carbocycles. The normalized spacial score (nSPS) is 11.4. The molecule has 22 heavy (non-hydrogen) atoms. The SMILES string of the molecule is COc1ccc2nnc3c(C)nc(-c4cscc4C)n3c2n1. The number of hydrogen-bond donors (Lipinski definition) is 0. The Hall–Kier alpha value is -2.54. The fourth-order valence-corrected chi connectivity index (χ4v) is 3.32. The molecule has 4 aromatic heterocycles. The lowest BCUT2D eigenvalue weighted by Crippen LogP contribution is -2.00. The number of hydrogen-bond acceptors (Lipinski definition) is 6. The smallest absolute Gasteiger partial charge is 0.215 e. The fourth-order valence-electron chi connectivity index (χ4n) is 2.49. The molecule has 0 aliphatic heterocycles. The molecule has 0 saturated heterocycles. The molecule has 0 atom stereocenters. The van der Waals surface area contributed by atoms with Crippen LogP contribution in [0.3, 0.4) is 0 Å². The van der Waals surface area contributed by atoms with Gasteiger partial charge in [-0.25, -0.2) is 4.98 Å². The van der Waals surface area contributed by atoms with E-state index in [4.69, 9.17) is 4.74 Å². The summed E-state index contributed by atoms with van der Waals surface area (Å²) >= 11 is 1.66. The number of fused-ring (bicyclic) bond motifs is 3. The average Bonchev–Trinajstić information content (AvgIpc) is 3.10. The third kappa shape index (κ3) is 1.79. The van der Waals surface area contributed by atoms with Crippen molar-refractivity contribution in [2.45, 2.75) is 13.8 Å². The molecule has 0 fully saturated rings. The highest BCUT2D eigenvalue weighted by molar-refractivity contribution is 7.08. The van der Waals surface area contributed by atoms with Gasteiger partial charge < -0.3 is 4.74 Å². The van der Waals surface area contributed by atoms with Gasteiger partial charge in [0.25, 0.3) is 0 Å². The summed E-state index contributed by atoms with van der Waals surface area (Å²) in [7, 11) is 1.60. The van der Waals surface area contributed by atoms with E-state index in [1.165, 1.54) is 5.56 Å². The number of aryl methyl sites for hydroxylation is 2. The summed E-state index contributed by atoms with van der Waals surface area (Å²) in [6.45, 7) is 4.01. The van der Waals surface area contributed by atoms with Crippen molar-refractivity contribution >= 4 is 28.1 Å². The summed E-state index contributed by atoms with van der Waals surface area (Å²) in [6.07, 6.45) is 0. The number of rotatable bonds is 2. The van der Waals surface area contributed by atoms with Crippen LogP contribution >= 0.6 is 11.3 Å². The Labute approximate surface area is 130 Å². The molecule has 0 bridgehead atoms. The van der Waals surface area contributed by atoms with E-state index in [1.54, 1.807) is 24.5 Å². The van der Waals surface area contributed by atoms with Gasteiger partial charge in [0.15, 0.2) is 11.3 Å². The van der Waals surface area contributed by atoms with Gasteiger partial charge in [0, 0.05) is 17.0 Å². The predicted molar refractivity (Wildman–Crippen MR) is 85.4 cm³/mol. The van der Waals surface area contributed by atoms with Crippen LogP contribution in [0.15, 0.2) is 22.9 Å². The van der Waals surface area contributed by atoms with E-state index in [9.17, 15) is 0 Å². The zero-order chi connectivity index (χ0) is 15.3. The van der Waals surface area contributed by atoms with Crippen LogP contribution in [0, 0.1) is 13.8 Å². The lowest BCUT2D eigenvalue weighted by atomic mass is 10.2. The Morgan fingerprint density at radius 2 is 1.91 bits per heavy atom. The van der Waals surface area contributed by atoms with Crippen LogP contribution in [0.1, 0.15) is 11.3 Å². The third-order valence-electron chi connectivity index (χ3n) is 3.62. The van der Waals surface area contributed by atoms with Gasteiger partial charge >= 0.3 is 0 Å². The van der Waals surface area contributed by atoms with Gasteiger partial charge in [-0.05, 0) is 30.9 Å². The Balaban J connectivity index is 2.17. The Bertz CT molecular complexity index is 1000. The van der Waals surface area contributed by atoms with Crippen LogP contribution in [0.2, 0.25) is 0 Å². The Morgan fingerprint density at radius 3 is 2.64 bits per heavy atom. The first-order valence-electron chi connectivity index (χ1n) is 6.78. The largest absolute Gasteiger partial charge is 0.481 e. The number of ether oxygens (including phenoxy) is 1. The quantitative estimate of drug-likeness (QED) is 0.569. The van der Waals surface area contributed by atoms with Gasteiger partial charge in [0.1, 0.15) is 11.3 Å². The number of imidazole rings is 1. The third-order valence-corrected chi connectivity index (χ3v) is 4.48. The second kappa shape index (κ2) is 4.74. The topological polar surface area (TPSA) is 65.2 Å². The van der Waals surface area contributed by atoms with Crippen LogP contribution < -0.4 is 4.74 Å². The van der Waals surface area contributed by atoms with Crippen molar-refractivity contribution in [1.82, 2.24) is 24.6 Å². The number of pyridine rings is 1. The predicted octanol–water partition coefficient (Wildman–Crippen LogP) is 3.03. The molecular weight excluding hydrogens is 298 g/mol. The van der Waals surface area contributed by atoms with E-state index in [0.717, 1.165) is 17.1 Å². The second-order valence-electron chi connectivity index (χ2n) is 5.04. The highest BCUT2D eigenvalue weighted by Gasteiger charge is 2.17. The minimum absolute atomic E-state index is 0.543. The average molecular weight is 311 g/mol. The van der Waals surface area contributed by atoms with E-state index in [1.807, 2.05) is 17.4 Å². The van der Waals surface area contributed by atoms with Crippen LogP contribution in [-0.2, 0) is 0 Å². The molecule has 110 valence electrons. The molecule has 0 amide bonds. The number of nitrogens with zero attached hydrogens (tertiary/aromatic N) is 5. The minimum Gasteiger partial charge on any atom is -0.481 e. The van der Waals surface area contributed by atoms with Crippen LogP contribution in [0.4, 0.5) is 0 Å². The van der Waals surface area contributed by atoms with Gasteiger partial charge in [-0.2, -0.15) is 16.3 Å². The summed E-state index contributed by atoms with van der Waals surface area (Å²) in [5.74, 6) is 1.38. The Kier molecular flexibility index (Phi) is 2.83. The molecule has 0 radical (unpaired) electrons. The van der Waals surface area contributed by atoms with Crippen molar-refractivity contribution in [2.24, 2.45) is 0 Å². The summed E-state index contributed by atoms with van der Waals surface area (Å²) in [6, 6.07) is 3.63. The number of methoxy groups -OCH3 is 1. The van der Waals surface area contributed by atoms with Gasteiger partial charge in [0.2, 0.25) is 5.88 Å². The second-order valence-corrected chi connectivity index (χ2v) is 5.79. The van der Waals surface area contributed by atoms with E-state index >= 15 is 0 Å². The molecule has 0 aliphatic carbocycles. The summed E-state index contributed by atoms with van der Waals surface area (Å²) < 4.78 is 7.19. The van der Waals surface area contributed by atoms with Gasteiger partial charge in [-0.15, -0.1) is 10.2 Å². The molecule has 0 spiro atoms. The van der Waals surface area contributed by atoms with Crippen LogP contribution in [-0.4, -0.2) is 31.7 Å². The van der Waals surface area contributed by atoms with Crippen molar-refractivity contribution in [3.63, 3.8) is 0 Å². The van der Waals surface area contributed by atoms with Crippen molar-refractivity contribution in [3.05, 3.63) is 34.2 Å². The first-order chi connectivity index (χ1) is 10.7. The van der Waals surface area contributed by atoms with Gasteiger partial charge in [-0.3, -0.25) is 4.40 Å². The van der Waals surface area contributed by atoms with Crippen molar-refractivity contribution in [2.75, 3.05) is 7.11 Å². The zero-order valence-electron chi connectivity index (χ0n) is 12.4. The number of thiophene rings is 1. The van der Waals surface area contributed by atoms with E-state index in [-0.39, 0.29) is 0 Å². The fraction of sp³-hybridized carbons (Fsp3) is 0.200. The van der Waals surface area contributed by atoms with Crippen molar-refractivity contribution in [3.8, 4) is 17.3 Å². The highest BCUT2D eigenvalue weighted by Crippen LogP contribution is 2.29. The standard InChI is InChI=1S/C15H13N5OS/c1-8-6-22-7-10(8)14-16-9(2)13-19-18-11-4-5-12(21-3)17-15(11)20(13)14/h4-7H,1-3H3. The van der Waals surface area contributed by atoms with E-state index in [2.05, 4.69) is 37.8 Å². The lowest BCUT2D eigenvalue weighted by molar-refractivity contribution is 0.399. The Morgan fingerprint density at radius 1 is 1.05 bits per heavy atom. The first kappa shape index (κ1) is 13.1. The number of aromatic nitrogens is 5. The van der Waals surface area contributed by atoms with Crippen molar-refractivity contribution in [1.29, 1.82) is 0 Å². The maximum atomic E-state index is 5.24. The molecular formula is C15H13N5OS. The molecule has 4 heterocycles. The van der Waals surface area contributed by atoms with Gasteiger partial charge in [-0.1, -0.05) is 0 Å². The van der Waals surface area contributed by atoms with Crippen LogP contribution in [0.25, 0.3) is 28.2 Å². The highest BCUT2D eigenvalue weighted by atomic mass is 32.1. The van der Waals surface area contributed by atoms with E-state index in [0.29, 0.717) is 22.7 Å². The molecule has 0 aromatic carbocycles. The molecule has 4 aromatic rings. The molecule has 4 rings (SSSR count). The van der Waals surface area contributed by atoms with Crippen LogP contribution in [0.5, 0.6) is 5.88 Å². The molecule has 0 N–H and O–H groups in total. The molecule has 0 unspecified atom stereocenters. The summed E-state index contributed by atoms with van der Waals surface area (Å²) in [4.78, 5) is 9.22. The molecule has 0 aliphatic rings. The maximum Gasteiger partial charge on any atom is 0.215 e.